The van der Waals surface area contributed by atoms with Crippen LogP contribution in [0.5, 0.6) is 0 Å². The van der Waals surface area contributed by atoms with Gasteiger partial charge < -0.3 is 4.74 Å². The second-order valence-electron chi connectivity index (χ2n) is 6.22. The number of likely N-dealkylation sites (tertiary alicyclic amines) is 1. The van der Waals surface area contributed by atoms with Crippen molar-refractivity contribution in [2.75, 3.05) is 13.2 Å². The van der Waals surface area contributed by atoms with Gasteiger partial charge in [0.2, 0.25) is 5.91 Å². The van der Waals surface area contributed by atoms with E-state index in [2.05, 4.69) is 15.9 Å². The van der Waals surface area contributed by atoms with Gasteiger partial charge in [0, 0.05) is 23.0 Å². The van der Waals surface area contributed by atoms with Crippen LogP contribution in [0.1, 0.15) is 51.0 Å². The maximum Gasteiger partial charge on any atom is 0.305 e. The van der Waals surface area contributed by atoms with Gasteiger partial charge in [-0.05, 0) is 43.5 Å². The smallest absolute Gasteiger partial charge is 0.305 e. The molecule has 0 radical (unpaired) electrons. The number of rotatable bonds is 9. The molecule has 0 spiro atoms. The third-order valence-electron chi connectivity index (χ3n) is 4.17. The Labute approximate surface area is 162 Å². The van der Waals surface area contributed by atoms with Crippen LogP contribution in [0.3, 0.4) is 0 Å². The Kier molecular flexibility index (Phi) is 8.04. The van der Waals surface area contributed by atoms with Crippen LogP contribution in [0, 0.1) is 0 Å². The third-order valence-corrected chi connectivity index (χ3v) is 4.66. The zero-order valence-electron chi connectivity index (χ0n) is 15.0. The number of imide groups is 1. The molecule has 0 aliphatic carbocycles. The molecule has 1 aromatic carbocycles. The average molecular weight is 422 g/mol. The lowest BCUT2D eigenvalue weighted by Gasteiger charge is -2.13. The zero-order valence-corrected chi connectivity index (χ0v) is 16.6. The van der Waals surface area contributed by atoms with Crippen LogP contribution in [-0.4, -0.2) is 35.8 Å². The first-order chi connectivity index (χ1) is 12.5. The number of hydrogen-bond donors (Lipinski definition) is 0. The summed E-state index contributed by atoms with van der Waals surface area (Å²) in [5.74, 6) is -0.496. The normalized spacial score (nSPS) is 15.8. The molecule has 1 aliphatic heterocycles. The summed E-state index contributed by atoms with van der Waals surface area (Å²) in [5, 5.41) is 0. The van der Waals surface area contributed by atoms with Crippen LogP contribution in [0.2, 0.25) is 0 Å². The van der Waals surface area contributed by atoms with Gasteiger partial charge >= 0.3 is 5.97 Å². The van der Waals surface area contributed by atoms with Crippen LogP contribution in [0.15, 0.2) is 34.3 Å². The summed E-state index contributed by atoms with van der Waals surface area (Å²) in [5.41, 5.74) is 1.44. The predicted molar refractivity (Wildman–Crippen MR) is 103 cm³/mol. The lowest BCUT2D eigenvalue weighted by Crippen LogP contribution is -2.30. The van der Waals surface area contributed by atoms with Gasteiger partial charge in [-0.2, -0.15) is 0 Å². The Morgan fingerprint density at radius 3 is 2.73 bits per heavy atom. The van der Waals surface area contributed by atoms with Crippen LogP contribution < -0.4 is 0 Å². The highest BCUT2D eigenvalue weighted by Crippen LogP contribution is 2.23. The first kappa shape index (κ1) is 20.4. The second kappa shape index (κ2) is 10.3. The number of unbranched alkanes of at least 4 members (excludes halogenated alkanes) is 3. The van der Waals surface area contributed by atoms with Crippen LogP contribution in [-0.2, 0) is 19.1 Å². The number of hydrogen-bond acceptors (Lipinski definition) is 4. The first-order valence-corrected chi connectivity index (χ1v) is 9.77. The molecule has 1 fully saturated rings. The monoisotopic (exact) mass is 421 g/mol. The van der Waals surface area contributed by atoms with E-state index in [4.69, 9.17) is 4.74 Å². The predicted octanol–water partition coefficient (Wildman–Crippen LogP) is 4.11. The van der Waals surface area contributed by atoms with Crippen molar-refractivity contribution in [2.45, 2.75) is 45.4 Å². The van der Waals surface area contributed by atoms with Crippen LogP contribution in [0.4, 0.5) is 0 Å². The highest BCUT2D eigenvalue weighted by Gasteiger charge is 2.32. The molecule has 1 saturated heterocycles. The number of esters is 1. The topological polar surface area (TPSA) is 63.7 Å². The van der Waals surface area contributed by atoms with Gasteiger partial charge in [-0.3, -0.25) is 19.3 Å². The number of benzene rings is 1. The Balaban J connectivity index is 1.77. The molecule has 0 saturated carbocycles. The Hall–Kier alpha value is -1.95. The quantitative estimate of drug-likeness (QED) is 0.260. The molecule has 1 aromatic rings. The van der Waals surface area contributed by atoms with Gasteiger partial charge in [-0.1, -0.05) is 40.9 Å². The van der Waals surface area contributed by atoms with E-state index in [-0.39, 0.29) is 24.2 Å². The number of ether oxygens (including phenoxy) is 1. The van der Waals surface area contributed by atoms with E-state index in [0.717, 1.165) is 35.7 Å². The Morgan fingerprint density at radius 1 is 1.23 bits per heavy atom. The van der Waals surface area contributed by atoms with Crippen molar-refractivity contribution < 1.29 is 19.1 Å². The van der Waals surface area contributed by atoms with E-state index in [1.54, 1.807) is 13.0 Å². The molecule has 0 atom stereocenters. The number of nitrogens with zero attached hydrogens (tertiary/aromatic N) is 1. The minimum atomic E-state index is -0.193. The molecule has 0 bridgehead atoms. The minimum absolute atomic E-state index is 0.136. The molecule has 0 N–H and O–H groups in total. The standard InChI is InChI=1S/C20H24BrNO4/c1-2-26-19(24)10-5-3-4-6-11-22-18(23)14-16(20(22)25)12-15-8-7-9-17(21)13-15/h7-9,12-13H,2-6,10-11,14H2,1H3. The molecule has 0 unspecified atom stereocenters. The second-order valence-corrected chi connectivity index (χ2v) is 7.14. The Bertz CT molecular complexity index is 699. The molecular formula is C20H24BrNO4. The molecule has 6 heteroatoms. The summed E-state index contributed by atoms with van der Waals surface area (Å²) in [6, 6.07) is 7.63. The summed E-state index contributed by atoms with van der Waals surface area (Å²) < 4.78 is 5.81. The molecule has 2 rings (SSSR count). The summed E-state index contributed by atoms with van der Waals surface area (Å²) >= 11 is 3.40. The maximum atomic E-state index is 12.5. The number of carbonyl (C=O) groups is 3. The van der Waals surface area contributed by atoms with E-state index in [1.807, 2.05) is 24.3 Å². The first-order valence-electron chi connectivity index (χ1n) is 8.97. The lowest BCUT2D eigenvalue weighted by atomic mass is 10.1. The Morgan fingerprint density at radius 2 is 2.00 bits per heavy atom. The van der Waals surface area contributed by atoms with E-state index in [1.165, 1.54) is 4.90 Å². The number of carbonyl (C=O) groups excluding carboxylic acids is 3. The van der Waals surface area contributed by atoms with Gasteiger partial charge in [0.1, 0.15) is 0 Å². The van der Waals surface area contributed by atoms with Crippen molar-refractivity contribution in [3.8, 4) is 0 Å². The van der Waals surface area contributed by atoms with Crippen molar-refractivity contribution >= 4 is 39.8 Å². The van der Waals surface area contributed by atoms with Crippen molar-refractivity contribution in [1.82, 2.24) is 4.90 Å². The fourth-order valence-corrected chi connectivity index (χ4v) is 3.30. The van der Waals surface area contributed by atoms with Gasteiger partial charge in [-0.15, -0.1) is 0 Å². The van der Waals surface area contributed by atoms with Gasteiger partial charge in [-0.25, -0.2) is 0 Å². The maximum absolute atomic E-state index is 12.5. The largest absolute Gasteiger partial charge is 0.466 e. The molecule has 26 heavy (non-hydrogen) atoms. The minimum Gasteiger partial charge on any atom is -0.466 e. The molecule has 1 aliphatic rings. The van der Waals surface area contributed by atoms with E-state index in [0.29, 0.717) is 25.1 Å². The van der Waals surface area contributed by atoms with Gasteiger partial charge in [0.05, 0.1) is 13.0 Å². The van der Waals surface area contributed by atoms with Crippen LogP contribution >= 0.6 is 15.9 Å². The van der Waals surface area contributed by atoms with E-state index < -0.39 is 0 Å². The molecule has 140 valence electrons. The molecule has 5 nitrogen and oxygen atoms in total. The van der Waals surface area contributed by atoms with Crippen molar-refractivity contribution in [3.05, 3.63) is 39.9 Å². The number of halogens is 1. The van der Waals surface area contributed by atoms with Crippen molar-refractivity contribution in [1.29, 1.82) is 0 Å². The summed E-state index contributed by atoms with van der Waals surface area (Å²) in [6.07, 6.45) is 5.66. The highest BCUT2D eigenvalue weighted by molar-refractivity contribution is 9.10. The summed E-state index contributed by atoms with van der Waals surface area (Å²) in [7, 11) is 0. The third kappa shape index (κ3) is 6.09. The molecular weight excluding hydrogens is 398 g/mol. The van der Waals surface area contributed by atoms with Gasteiger partial charge in [0.15, 0.2) is 0 Å². The lowest BCUT2D eigenvalue weighted by molar-refractivity contribution is -0.143. The zero-order chi connectivity index (χ0) is 18.9. The van der Waals surface area contributed by atoms with E-state index >= 15 is 0 Å². The van der Waals surface area contributed by atoms with Gasteiger partial charge in [0.25, 0.3) is 5.91 Å². The summed E-state index contributed by atoms with van der Waals surface area (Å²) in [6.45, 7) is 2.64. The van der Waals surface area contributed by atoms with E-state index in [9.17, 15) is 14.4 Å². The number of amides is 2. The SMILES string of the molecule is CCOC(=O)CCCCCCN1C(=O)CC(=Cc2cccc(Br)c2)C1=O. The van der Waals surface area contributed by atoms with Crippen molar-refractivity contribution in [3.63, 3.8) is 0 Å². The fraction of sp³-hybridized carbons (Fsp3) is 0.450. The van der Waals surface area contributed by atoms with Crippen LogP contribution in [0.25, 0.3) is 6.08 Å². The highest BCUT2D eigenvalue weighted by atomic mass is 79.9. The average Bonchev–Trinajstić information content (AvgIpc) is 2.85. The fourth-order valence-electron chi connectivity index (χ4n) is 2.88. The molecule has 2 amide bonds. The molecule has 1 heterocycles. The summed E-state index contributed by atoms with van der Waals surface area (Å²) in [4.78, 5) is 37.2. The molecule has 0 aromatic heterocycles. The van der Waals surface area contributed by atoms with Crippen molar-refractivity contribution in [2.24, 2.45) is 0 Å².